The predicted octanol–water partition coefficient (Wildman–Crippen LogP) is 2.81. The lowest BCUT2D eigenvalue weighted by Crippen LogP contribution is -2.46. The molecule has 4 rings (SSSR count). The number of rotatable bonds is 5. The van der Waals surface area contributed by atoms with Gasteiger partial charge in [-0.15, -0.1) is 24.8 Å². The number of hydrogen-bond donors (Lipinski definition) is 2. The average Bonchev–Trinajstić information content (AvgIpc) is 3.31. The summed E-state index contributed by atoms with van der Waals surface area (Å²) in [5.41, 5.74) is 1.24. The maximum atomic E-state index is 13.0. The lowest BCUT2D eigenvalue weighted by molar-refractivity contribution is -0.123. The van der Waals surface area contributed by atoms with E-state index in [9.17, 15) is 9.59 Å². The molecular formula is C22H30Cl2N4O3. The van der Waals surface area contributed by atoms with Crippen LogP contribution >= 0.6 is 24.8 Å². The van der Waals surface area contributed by atoms with Gasteiger partial charge in [-0.1, -0.05) is 6.07 Å². The Balaban J connectivity index is 0.00000171. The van der Waals surface area contributed by atoms with Crippen molar-refractivity contribution in [1.29, 1.82) is 0 Å². The van der Waals surface area contributed by atoms with Crippen molar-refractivity contribution in [3.8, 4) is 5.75 Å². The van der Waals surface area contributed by atoms with Crippen LogP contribution in [0.4, 0.5) is 0 Å². The largest absolute Gasteiger partial charge is 0.497 e. The molecule has 0 radical (unpaired) electrons. The minimum absolute atomic E-state index is 0. The Kier molecular flexibility index (Phi) is 9.34. The number of nitrogens with one attached hydrogen (secondary N) is 2. The first-order valence-electron chi connectivity index (χ1n) is 10.4. The summed E-state index contributed by atoms with van der Waals surface area (Å²) < 4.78 is 5.24. The van der Waals surface area contributed by atoms with Crippen molar-refractivity contribution >= 4 is 47.5 Å². The van der Waals surface area contributed by atoms with Crippen LogP contribution in [0.3, 0.4) is 0 Å². The summed E-state index contributed by atoms with van der Waals surface area (Å²) in [5.74, 6) is 1.09. The van der Waals surface area contributed by atoms with Gasteiger partial charge >= 0.3 is 0 Å². The van der Waals surface area contributed by atoms with E-state index < -0.39 is 0 Å². The number of methoxy groups -OCH3 is 1. The quantitative estimate of drug-likeness (QED) is 0.704. The maximum Gasteiger partial charge on any atom is 0.272 e. The number of hydrogen-bond acceptors (Lipinski definition) is 5. The molecule has 3 heterocycles. The van der Waals surface area contributed by atoms with Gasteiger partial charge in [0.2, 0.25) is 5.91 Å². The highest BCUT2D eigenvalue weighted by Gasteiger charge is 2.27. The summed E-state index contributed by atoms with van der Waals surface area (Å²) in [4.78, 5) is 31.6. The minimum Gasteiger partial charge on any atom is -0.497 e. The highest BCUT2D eigenvalue weighted by molar-refractivity contribution is 5.95. The molecule has 170 valence electrons. The number of aromatic nitrogens is 1. The molecule has 2 N–H and O–H groups in total. The lowest BCUT2D eigenvalue weighted by Gasteiger charge is -2.33. The van der Waals surface area contributed by atoms with E-state index in [1.54, 1.807) is 13.2 Å². The molecule has 7 nitrogen and oxygen atoms in total. The molecule has 2 atom stereocenters. The van der Waals surface area contributed by atoms with Crippen molar-refractivity contribution in [3.63, 3.8) is 0 Å². The third kappa shape index (κ3) is 5.99. The molecule has 2 unspecified atom stereocenters. The van der Waals surface area contributed by atoms with E-state index >= 15 is 0 Å². The standard InChI is InChI=1S/C22H28N4O3.2ClH/c1-29-17-7-9-18-16(12-17)6-8-20(25-18)22(28)26-11-3-4-15(14-26)13-24-21(27)19-5-2-10-23-19;;/h6-9,12,15,19,23H,2-5,10-11,13-14H2,1H3,(H,24,27);2*1H. The van der Waals surface area contributed by atoms with Gasteiger partial charge in [-0.25, -0.2) is 4.98 Å². The van der Waals surface area contributed by atoms with Crippen molar-refractivity contribution in [1.82, 2.24) is 20.5 Å². The molecule has 0 aliphatic carbocycles. The minimum atomic E-state index is -0.0586. The smallest absolute Gasteiger partial charge is 0.272 e. The molecule has 1 aromatic carbocycles. The molecular weight excluding hydrogens is 439 g/mol. The number of pyridine rings is 1. The number of carbonyl (C=O) groups excluding carboxylic acids is 2. The number of piperidine rings is 1. The Bertz CT molecular complexity index is 905. The first kappa shape index (κ1) is 25.2. The topological polar surface area (TPSA) is 83.6 Å². The van der Waals surface area contributed by atoms with E-state index in [1.165, 1.54) is 0 Å². The number of amides is 2. The van der Waals surface area contributed by atoms with Gasteiger partial charge in [0.1, 0.15) is 11.4 Å². The van der Waals surface area contributed by atoms with Gasteiger partial charge in [0.25, 0.3) is 5.91 Å². The Hall–Kier alpha value is -2.09. The fourth-order valence-electron chi connectivity index (χ4n) is 4.20. The molecule has 2 fully saturated rings. The molecule has 31 heavy (non-hydrogen) atoms. The van der Waals surface area contributed by atoms with E-state index in [1.807, 2.05) is 29.2 Å². The zero-order valence-corrected chi connectivity index (χ0v) is 19.3. The SMILES string of the molecule is COc1ccc2nc(C(=O)N3CCCC(CNC(=O)C4CCCN4)C3)ccc2c1.Cl.Cl. The second kappa shape index (κ2) is 11.5. The molecule has 0 spiro atoms. The first-order chi connectivity index (χ1) is 14.1. The number of nitrogens with zero attached hydrogens (tertiary/aromatic N) is 2. The van der Waals surface area contributed by atoms with Crippen molar-refractivity contribution in [2.45, 2.75) is 31.7 Å². The molecule has 9 heteroatoms. The molecule has 1 aromatic heterocycles. The number of ether oxygens (including phenoxy) is 1. The van der Waals surface area contributed by atoms with Crippen LogP contribution in [0.2, 0.25) is 0 Å². The fourth-order valence-corrected chi connectivity index (χ4v) is 4.20. The molecule has 2 aromatic rings. The fraction of sp³-hybridized carbons (Fsp3) is 0.500. The number of carbonyl (C=O) groups is 2. The van der Waals surface area contributed by atoms with E-state index in [2.05, 4.69) is 15.6 Å². The summed E-state index contributed by atoms with van der Waals surface area (Å²) in [6.07, 6.45) is 3.92. The summed E-state index contributed by atoms with van der Waals surface area (Å²) in [6.45, 7) is 2.91. The highest BCUT2D eigenvalue weighted by atomic mass is 35.5. The van der Waals surface area contributed by atoms with E-state index in [-0.39, 0.29) is 48.6 Å². The van der Waals surface area contributed by atoms with Crippen LogP contribution in [0, 0.1) is 5.92 Å². The number of likely N-dealkylation sites (tertiary alicyclic amines) is 1. The Morgan fingerprint density at radius 1 is 1.19 bits per heavy atom. The van der Waals surface area contributed by atoms with Gasteiger partial charge in [-0.3, -0.25) is 9.59 Å². The van der Waals surface area contributed by atoms with Gasteiger partial charge in [-0.05, 0) is 62.4 Å². The Morgan fingerprint density at radius 2 is 2.03 bits per heavy atom. The summed E-state index contributed by atoms with van der Waals surface area (Å²) in [7, 11) is 1.63. The van der Waals surface area contributed by atoms with E-state index in [0.717, 1.165) is 55.4 Å². The molecule has 0 bridgehead atoms. The Labute approximate surface area is 195 Å². The van der Waals surface area contributed by atoms with Gasteiger partial charge in [0.15, 0.2) is 0 Å². The number of halogens is 2. The summed E-state index contributed by atoms with van der Waals surface area (Å²) in [5, 5.41) is 7.23. The van der Waals surface area contributed by atoms with Crippen LogP contribution in [0.15, 0.2) is 30.3 Å². The molecule has 2 amide bonds. The zero-order chi connectivity index (χ0) is 20.2. The van der Waals surface area contributed by atoms with Crippen LogP contribution < -0.4 is 15.4 Å². The van der Waals surface area contributed by atoms with Crippen molar-refractivity contribution in [2.24, 2.45) is 5.92 Å². The monoisotopic (exact) mass is 468 g/mol. The van der Waals surface area contributed by atoms with Crippen LogP contribution in [-0.4, -0.2) is 61.0 Å². The number of benzene rings is 1. The van der Waals surface area contributed by atoms with Crippen molar-refractivity contribution < 1.29 is 14.3 Å². The van der Waals surface area contributed by atoms with Crippen molar-refractivity contribution in [2.75, 3.05) is 33.3 Å². The van der Waals surface area contributed by atoms with E-state index in [0.29, 0.717) is 18.8 Å². The summed E-state index contributed by atoms with van der Waals surface area (Å²) >= 11 is 0. The third-order valence-corrected chi connectivity index (χ3v) is 5.86. The van der Waals surface area contributed by atoms with Crippen LogP contribution in [0.25, 0.3) is 10.9 Å². The zero-order valence-electron chi connectivity index (χ0n) is 17.6. The second-order valence-electron chi connectivity index (χ2n) is 7.91. The molecule has 0 saturated carbocycles. The number of fused-ring (bicyclic) bond motifs is 1. The van der Waals surface area contributed by atoms with Crippen molar-refractivity contribution in [3.05, 3.63) is 36.0 Å². The first-order valence-corrected chi connectivity index (χ1v) is 10.4. The van der Waals surface area contributed by atoms with Gasteiger partial charge in [-0.2, -0.15) is 0 Å². The molecule has 2 aliphatic heterocycles. The van der Waals surface area contributed by atoms with Crippen LogP contribution in [-0.2, 0) is 4.79 Å². The highest BCUT2D eigenvalue weighted by Crippen LogP contribution is 2.22. The molecule has 2 aliphatic rings. The van der Waals surface area contributed by atoms with E-state index in [4.69, 9.17) is 4.74 Å². The predicted molar refractivity (Wildman–Crippen MR) is 125 cm³/mol. The molecule has 2 saturated heterocycles. The van der Waals surface area contributed by atoms with Gasteiger partial charge in [0, 0.05) is 25.0 Å². The second-order valence-corrected chi connectivity index (χ2v) is 7.91. The third-order valence-electron chi connectivity index (χ3n) is 5.86. The Morgan fingerprint density at radius 3 is 2.77 bits per heavy atom. The maximum absolute atomic E-state index is 13.0. The lowest BCUT2D eigenvalue weighted by atomic mass is 9.97. The van der Waals surface area contributed by atoms with Gasteiger partial charge in [0.05, 0.1) is 18.7 Å². The average molecular weight is 469 g/mol. The normalized spacial score (nSPS) is 20.5. The summed E-state index contributed by atoms with van der Waals surface area (Å²) in [6, 6.07) is 9.26. The van der Waals surface area contributed by atoms with Crippen LogP contribution in [0.1, 0.15) is 36.2 Å². The van der Waals surface area contributed by atoms with Gasteiger partial charge < -0.3 is 20.3 Å². The van der Waals surface area contributed by atoms with Crippen LogP contribution in [0.5, 0.6) is 5.75 Å².